The zero-order valence-electron chi connectivity index (χ0n) is 14.3. The summed E-state index contributed by atoms with van der Waals surface area (Å²) in [4.78, 5) is 26.3. The molecule has 0 radical (unpaired) electrons. The van der Waals surface area contributed by atoms with Crippen LogP contribution in [-0.4, -0.2) is 42.5 Å². The van der Waals surface area contributed by atoms with Gasteiger partial charge in [0.2, 0.25) is 5.91 Å². The van der Waals surface area contributed by atoms with Crippen LogP contribution in [0.25, 0.3) is 0 Å². The van der Waals surface area contributed by atoms with Crippen LogP contribution in [0.1, 0.15) is 33.1 Å². The van der Waals surface area contributed by atoms with Crippen LogP contribution in [0.5, 0.6) is 5.75 Å². The third-order valence-electron chi connectivity index (χ3n) is 4.21. The summed E-state index contributed by atoms with van der Waals surface area (Å²) in [6, 6.07) is 7.11. The maximum Gasteiger partial charge on any atom is 0.263 e. The number of halogens is 1. The van der Waals surface area contributed by atoms with Crippen molar-refractivity contribution in [3.05, 3.63) is 29.3 Å². The van der Waals surface area contributed by atoms with E-state index in [-0.39, 0.29) is 17.7 Å². The van der Waals surface area contributed by atoms with Gasteiger partial charge in [-0.1, -0.05) is 30.7 Å². The van der Waals surface area contributed by atoms with Gasteiger partial charge in [0.15, 0.2) is 6.10 Å². The molecular formula is C18H25ClN2O3. The van der Waals surface area contributed by atoms with Gasteiger partial charge in [-0.2, -0.15) is 0 Å². The van der Waals surface area contributed by atoms with Crippen molar-refractivity contribution in [3.8, 4) is 5.75 Å². The minimum atomic E-state index is -0.602. The Labute approximate surface area is 148 Å². The van der Waals surface area contributed by atoms with Gasteiger partial charge >= 0.3 is 0 Å². The van der Waals surface area contributed by atoms with E-state index in [1.165, 1.54) is 0 Å². The highest BCUT2D eigenvalue weighted by Crippen LogP contribution is 2.25. The molecule has 132 valence electrons. The largest absolute Gasteiger partial charge is 0.479 e. The Balaban J connectivity index is 1.84. The van der Waals surface area contributed by atoms with E-state index in [9.17, 15) is 9.59 Å². The molecule has 0 spiro atoms. The highest BCUT2D eigenvalue weighted by atomic mass is 35.5. The van der Waals surface area contributed by atoms with Crippen LogP contribution >= 0.6 is 11.6 Å². The summed E-state index contributed by atoms with van der Waals surface area (Å²) < 4.78 is 5.69. The third kappa shape index (κ3) is 4.87. The molecule has 5 nitrogen and oxygen atoms in total. The van der Waals surface area contributed by atoms with Crippen LogP contribution in [0.4, 0.5) is 0 Å². The molecule has 0 saturated carbocycles. The molecule has 1 atom stereocenters. The molecule has 1 N–H and O–H groups in total. The Morgan fingerprint density at radius 3 is 2.62 bits per heavy atom. The van der Waals surface area contributed by atoms with E-state index < -0.39 is 6.10 Å². The second-order valence-electron chi connectivity index (χ2n) is 6.08. The smallest absolute Gasteiger partial charge is 0.263 e. The molecule has 0 aliphatic carbocycles. The van der Waals surface area contributed by atoms with E-state index in [2.05, 4.69) is 5.32 Å². The summed E-state index contributed by atoms with van der Waals surface area (Å²) in [6.07, 6.45) is 1.72. The van der Waals surface area contributed by atoms with Crippen LogP contribution in [0, 0.1) is 5.92 Å². The summed E-state index contributed by atoms with van der Waals surface area (Å²) in [5.74, 6) is 0.542. The number of nitrogens with one attached hydrogen (secondary N) is 1. The molecule has 0 bridgehead atoms. The number of nitrogens with zero attached hydrogens (tertiary/aromatic N) is 1. The van der Waals surface area contributed by atoms with Crippen LogP contribution in [0.15, 0.2) is 24.3 Å². The maximum absolute atomic E-state index is 12.5. The molecule has 1 aliphatic rings. The monoisotopic (exact) mass is 352 g/mol. The Bertz CT molecular complexity index is 571. The lowest BCUT2D eigenvalue weighted by Gasteiger charge is -2.33. The second kappa shape index (κ2) is 8.92. The van der Waals surface area contributed by atoms with Gasteiger partial charge in [0.25, 0.3) is 5.91 Å². The van der Waals surface area contributed by atoms with Gasteiger partial charge < -0.3 is 15.0 Å². The molecule has 6 heteroatoms. The average molecular weight is 353 g/mol. The zero-order chi connectivity index (χ0) is 17.5. The number of para-hydroxylation sites is 1. The number of benzene rings is 1. The number of ether oxygens (including phenoxy) is 1. The lowest BCUT2D eigenvalue weighted by molar-refractivity contribution is -0.141. The summed E-state index contributed by atoms with van der Waals surface area (Å²) in [7, 11) is 0. The van der Waals surface area contributed by atoms with Gasteiger partial charge in [0, 0.05) is 25.6 Å². The second-order valence-corrected chi connectivity index (χ2v) is 6.49. The lowest BCUT2D eigenvalue weighted by atomic mass is 9.95. The first-order valence-electron chi connectivity index (χ1n) is 8.50. The third-order valence-corrected chi connectivity index (χ3v) is 4.53. The maximum atomic E-state index is 12.5. The Hall–Kier alpha value is -1.75. The van der Waals surface area contributed by atoms with Gasteiger partial charge in [-0.25, -0.2) is 0 Å². The molecule has 1 unspecified atom stereocenters. The van der Waals surface area contributed by atoms with Crippen molar-refractivity contribution in [1.82, 2.24) is 10.2 Å². The van der Waals surface area contributed by atoms with E-state index in [0.717, 1.165) is 6.42 Å². The fourth-order valence-electron chi connectivity index (χ4n) is 2.79. The number of rotatable bonds is 6. The first kappa shape index (κ1) is 18.6. The van der Waals surface area contributed by atoms with Crippen molar-refractivity contribution >= 4 is 23.4 Å². The number of piperidine rings is 1. The van der Waals surface area contributed by atoms with Crippen LogP contribution in [0.3, 0.4) is 0 Å². The van der Waals surface area contributed by atoms with E-state index in [1.807, 2.05) is 19.1 Å². The molecule has 1 aromatic carbocycles. The van der Waals surface area contributed by atoms with Crippen molar-refractivity contribution in [2.24, 2.45) is 5.92 Å². The number of amides is 2. The van der Waals surface area contributed by atoms with E-state index >= 15 is 0 Å². The fourth-order valence-corrected chi connectivity index (χ4v) is 2.97. The Morgan fingerprint density at radius 1 is 1.33 bits per heavy atom. The molecule has 1 aromatic rings. The SMILES string of the molecule is CCCNC(=O)C1CCN(C(=O)C(C)Oc2ccccc2Cl)CC1. The number of carbonyl (C=O) groups is 2. The number of carbonyl (C=O) groups excluding carboxylic acids is 2. The quantitative estimate of drug-likeness (QED) is 0.856. The molecular weight excluding hydrogens is 328 g/mol. The van der Waals surface area contributed by atoms with Crippen LogP contribution < -0.4 is 10.1 Å². The first-order valence-corrected chi connectivity index (χ1v) is 8.88. The first-order chi connectivity index (χ1) is 11.5. The predicted molar refractivity (Wildman–Crippen MR) is 94.1 cm³/mol. The number of hydrogen-bond acceptors (Lipinski definition) is 3. The molecule has 1 fully saturated rings. The average Bonchev–Trinajstić information content (AvgIpc) is 2.61. The predicted octanol–water partition coefficient (Wildman–Crippen LogP) is 2.87. The number of likely N-dealkylation sites (tertiary alicyclic amines) is 1. The molecule has 1 saturated heterocycles. The van der Waals surface area contributed by atoms with Crippen molar-refractivity contribution in [1.29, 1.82) is 0 Å². The van der Waals surface area contributed by atoms with Gasteiger partial charge in [0.1, 0.15) is 5.75 Å². The van der Waals surface area contributed by atoms with E-state index in [4.69, 9.17) is 16.3 Å². The normalized spacial score (nSPS) is 16.5. The molecule has 2 amide bonds. The molecule has 24 heavy (non-hydrogen) atoms. The van der Waals surface area contributed by atoms with Crippen molar-refractivity contribution < 1.29 is 14.3 Å². The summed E-state index contributed by atoms with van der Waals surface area (Å²) >= 11 is 6.06. The minimum Gasteiger partial charge on any atom is -0.479 e. The summed E-state index contributed by atoms with van der Waals surface area (Å²) in [5.41, 5.74) is 0. The van der Waals surface area contributed by atoms with Crippen LogP contribution in [-0.2, 0) is 9.59 Å². The van der Waals surface area contributed by atoms with Crippen LogP contribution in [0.2, 0.25) is 5.02 Å². The molecule has 0 aromatic heterocycles. The van der Waals surface area contributed by atoms with Crippen molar-refractivity contribution in [3.63, 3.8) is 0 Å². The van der Waals surface area contributed by atoms with E-state index in [1.54, 1.807) is 24.0 Å². The fraction of sp³-hybridized carbons (Fsp3) is 0.556. The standard InChI is InChI=1S/C18H25ClN2O3/c1-3-10-20-17(22)14-8-11-21(12-9-14)18(23)13(2)24-16-7-5-4-6-15(16)19/h4-7,13-14H,3,8-12H2,1-2H3,(H,20,22). The van der Waals surface area contributed by atoms with Crippen molar-refractivity contribution in [2.45, 2.75) is 39.2 Å². The topological polar surface area (TPSA) is 58.6 Å². The highest BCUT2D eigenvalue weighted by molar-refractivity contribution is 6.32. The van der Waals surface area contributed by atoms with Gasteiger partial charge in [-0.15, -0.1) is 0 Å². The summed E-state index contributed by atoms with van der Waals surface area (Å²) in [6.45, 7) is 5.63. The van der Waals surface area contributed by atoms with Crippen molar-refractivity contribution in [2.75, 3.05) is 19.6 Å². The van der Waals surface area contributed by atoms with Gasteiger partial charge in [-0.05, 0) is 38.3 Å². The Kier molecular flexibility index (Phi) is 6.91. The minimum absolute atomic E-state index is 0.000363. The molecule has 2 rings (SSSR count). The summed E-state index contributed by atoms with van der Waals surface area (Å²) in [5, 5.41) is 3.42. The van der Waals surface area contributed by atoms with Gasteiger partial charge in [-0.3, -0.25) is 9.59 Å². The molecule has 1 aliphatic heterocycles. The van der Waals surface area contributed by atoms with E-state index in [0.29, 0.717) is 43.2 Å². The van der Waals surface area contributed by atoms with Gasteiger partial charge in [0.05, 0.1) is 5.02 Å². The molecule has 1 heterocycles. The Morgan fingerprint density at radius 2 is 2.00 bits per heavy atom. The zero-order valence-corrected chi connectivity index (χ0v) is 15.0. The highest BCUT2D eigenvalue weighted by Gasteiger charge is 2.30. The lowest BCUT2D eigenvalue weighted by Crippen LogP contribution is -2.47. The number of hydrogen-bond donors (Lipinski definition) is 1.